The van der Waals surface area contributed by atoms with Gasteiger partial charge in [0.25, 0.3) is 6.43 Å². The Labute approximate surface area is 85.0 Å². The molecule has 1 aromatic carbocycles. The molecule has 1 rings (SSSR count). The third-order valence-corrected chi connectivity index (χ3v) is 2.10. The molecule has 1 unspecified atom stereocenters. The first kappa shape index (κ1) is 11.6. The van der Waals surface area contributed by atoms with Crippen LogP contribution in [0.2, 0.25) is 0 Å². The molecule has 0 spiro atoms. The molecule has 0 heterocycles. The standard InChI is InChI=1S/C10H10F2O3/c1-6-3-2-4-7(5-6)10(15,8(11)12)9(13)14/h2-5,8,15H,1H3,(H,13,14). The summed E-state index contributed by atoms with van der Waals surface area (Å²) in [7, 11) is 0. The number of aliphatic carboxylic acids is 1. The van der Waals surface area contributed by atoms with Crippen LogP contribution in [0.15, 0.2) is 24.3 Å². The number of hydrogen-bond acceptors (Lipinski definition) is 2. The molecular formula is C10H10F2O3. The minimum Gasteiger partial charge on any atom is -0.479 e. The topological polar surface area (TPSA) is 57.5 Å². The Hall–Kier alpha value is -1.49. The molecule has 0 saturated carbocycles. The van der Waals surface area contributed by atoms with Gasteiger partial charge in [-0.2, -0.15) is 0 Å². The number of aliphatic hydroxyl groups is 1. The molecule has 0 aromatic heterocycles. The van der Waals surface area contributed by atoms with Crippen molar-refractivity contribution in [3.05, 3.63) is 35.4 Å². The van der Waals surface area contributed by atoms with Crippen molar-refractivity contribution < 1.29 is 23.8 Å². The first-order valence-electron chi connectivity index (χ1n) is 4.20. The van der Waals surface area contributed by atoms with Gasteiger partial charge >= 0.3 is 5.97 Å². The van der Waals surface area contributed by atoms with Crippen LogP contribution in [-0.2, 0) is 10.4 Å². The fourth-order valence-electron chi connectivity index (χ4n) is 1.22. The van der Waals surface area contributed by atoms with E-state index in [1.165, 1.54) is 12.1 Å². The van der Waals surface area contributed by atoms with Crippen molar-refractivity contribution in [3.8, 4) is 0 Å². The van der Waals surface area contributed by atoms with Crippen molar-refractivity contribution in [3.63, 3.8) is 0 Å². The third kappa shape index (κ3) is 1.97. The maximum atomic E-state index is 12.5. The van der Waals surface area contributed by atoms with Crippen molar-refractivity contribution in [1.29, 1.82) is 0 Å². The molecule has 0 bridgehead atoms. The molecule has 0 fully saturated rings. The number of alkyl halides is 2. The maximum Gasteiger partial charge on any atom is 0.346 e. The third-order valence-electron chi connectivity index (χ3n) is 2.10. The molecule has 2 N–H and O–H groups in total. The van der Waals surface area contributed by atoms with Crippen molar-refractivity contribution in [2.24, 2.45) is 0 Å². The molecule has 3 nitrogen and oxygen atoms in total. The number of rotatable bonds is 3. The van der Waals surface area contributed by atoms with E-state index in [0.29, 0.717) is 5.56 Å². The summed E-state index contributed by atoms with van der Waals surface area (Å²) in [5, 5.41) is 18.0. The molecule has 0 aliphatic rings. The van der Waals surface area contributed by atoms with Crippen LogP contribution in [0.1, 0.15) is 11.1 Å². The Morgan fingerprint density at radius 2 is 2.07 bits per heavy atom. The molecule has 82 valence electrons. The number of carboxylic acid groups (broad SMARTS) is 1. The fourth-order valence-corrected chi connectivity index (χ4v) is 1.22. The van der Waals surface area contributed by atoms with Gasteiger partial charge in [-0.3, -0.25) is 0 Å². The van der Waals surface area contributed by atoms with E-state index in [2.05, 4.69) is 0 Å². The van der Waals surface area contributed by atoms with Crippen LogP contribution in [0.25, 0.3) is 0 Å². The normalized spacial score (nSPS) is 15.0. The minimum atomic E-state index is -3.38. The SMILES string of the molecule is Cc1cccc(C(O)(C(=O)O)C(F)F)c1. The van der Waals surface area contributed by atoms with E-state index in [1.54, 1.807) is 13.0 Å². The van der Waals surface area contributed by atoms with Gasteiger partial charge in [-0.05, 0) is 6.92 Å². The monoisotopic (exact) mass is 216 g/mol. The molecule has 0 amide bonds. The lowest BCUT2D eigenvalue weighted by molar-refractivity contribution is -0.178. The van der Waals surface area contributed by atoms with Crippen LogP contribution < -0.4 is 0 Å². The van der Waals surface area contributed by atoms with Gasteiger partial charge in [0.15, 0.2) is 0 Å². The van der Waals surface area contributed by atoms with E-state index in [0.717, 1.165) is 6.07 Å². The summed E-state index contributed by atoms with van der Waals surface area (Å²) in [5.41, 5.74) is -2.84. The summed E-state index contributed by atoms with van der Waals surface area (Å²) in [6.45, 7) is 1.62. The van der Waals surface area contributed by atoms with Crippen LogP contribution in [-0.4, -0.2) is 22.6 Å². The second-order valence-corrected chi connectivity index (χ2v) is 3.24. The highest BCUT2D eigenvalue weighted by Crippen LogP contribution is 2.29. The number of hydrogen-bond donors (Lipinski definition) is 2. The van der Waals surface area contributed by atoms with Gasteiger partial charge < -0.3 is 10.2 Å². The first-order valence-corrected chi connectivity index (χ1v) is 4.20. The Balaban J connectivity index is 3.28. The van der Waals surface area contributed by atoms with Crippen molar-refractivity contribution in [2.75, 3.05) is 0 Å². The summed E-state index contributed by atoms with van der Waals surface area (Å²) in [4.78, 5) is 10.6. The highest BCUT2D eigenvalue weighted by molar-refractivity contribution is 5.79. The van der Waals surface area contributed by atoms with E-state index >= 15 is 0 Å². The first-order chi connectivity index (χ1) is 6.89. The summed E-state index contributed by atoms with van der Waals surface area (Å²) in [6, 6.07) is 5.42. The van der Waals surface area contributed by atoms with Crippen molar-refractivity contribution >= 4 is 5.97 Å². The Morgan fingerprint density at radius 1 is 1.47 bits per heavy atom. The van der Waals surface area contributed by atoms with Gasteiger partial charge in [0.2, 0.25) is 5.60 Å². The Bertz CT molecular complexity index is 379. The second-order valence-electron chi connectivity index (χ2n) is 3.24. The van der Waals surface area contributed by atoms with Gasteiger partial charge in [-0.15, -0.1) is 0 Å². The summed E-state index contributed by atoms with van der Waals surface area (Å²) < 4.78 is 25.0. The zero-order valence-corrected chi connectivity index (χ0v) is 7.95. The molecule has 0 saturated heterocycles. The van der Waals surface area contributed by atoms with Crippen LogP contribution in [0.5, 0.6) is 0 Å². The smallest absolute Gasteiger partial charge is 0.346 e. The van der Waals surface area contributed by atoms with E-state index in [4.69, 9.17) is 5.11 Å². The largest absolute Gasteiger partial charge is 0.479 e. The summed E-state index contributed by atoms with van der Waals surface area (Å²) in [5.74, 6) is -1.96. The van der Waals surface area contributed by atoms with E-state index < -0.39 is 18.0 Å². The Kier molecular flexibility index (Phi) is 3.04. The number of carbonyl (C=O) groups is 1. The van der Waals surface area contributed by atoms with E-state index in [1.807, 2.05) is 0 Å². The highest BCUT2D eigenvalue weighted by atomic mass is 19.3. The predicted octanol–water partition coefficient (Wildman–Crippen LogP) is 1.53. The minimum absolute atomic E-state index is 0.315. The molecule has 15 heavy (non-hydrogen) atoms. The van der Waals surface area contributed by atoms with E-state index in [9.17, 15) is 18.7 Å². The zero-order valence-electron chi connectivity index (χ0n) is 7.95. The number of halogens is 2. The van der Waals surface area contributed by atoms with Crippen LogP contribution in [0.3, 0.4) is 0 Å². The second kappa shape index (κ2) is 3.94. The Morgan fingerprint density at radius 3 is 2.47 bits per heavy atom. The molecule has 1 aromatic rings. The van der Waals surface area contributed by atoms with E-state index in [-0.39, 0.29) is 5.56 Å². The van der Waals surface area contributed by atoms with Crippen LogP contribution in [0, 0.1) is 6.92 Å². The lowest BCUT2D eigenvalue weighted by Crippen LogP contribution is -2.42. The lowest BCUT2D eigenvalue weighted by Gasteiger charge is -2.22. The maximum absolute atomic E-state index is 12.5. The molecule has 0 aliphatic carbocycles. The molecular weight excluding hydrogens is 206 g/mol. The van der Waals surface area contributed by atoms with Gasteiger partial charge in [-0.1, -0.05) is 29.8 Å². The quantitative estimate of drug-likeness (QED) is 0.805. The highest BCUT2D eigenvalue weighted by Gasteiger charge is 2.47. The number of carboxylic acids is 1. The van der Waals surface area contributed by atoms with Gasteiger partial charge in [0, 0.05) is 5.56 Å². The number of benzene rings is 1. The van der Waals surface area contributed by atoms with Crippen LogP contribution in [0.4, 0.5) is 8.78 Å². The molecule has 5 heteroatoms. The van der Waals surface area contributed by atoms with Gasteiger partial charge in [0.1, 0.15) is 0 Å². The van der Waals surface area contributed by atoms with Crippen LogP contribution >= 0.6 is 0 Å². The van der Waals surface area contributed by atoms with Crippen molar-refractivity contribution in [1.82, 2.24) is 0 Å². The summed E-state index contributed by atoms with van der Waals surface area (Å²) in [6.07, 6.45) is -3.38. The van der Waals surface area contributed by atoms with Gasteiger partial charge in [-0.25, -0.2) is 13.6 Å². The molecule has 0 radical (unpaired) electrons. The average molecular weight is 216 g/mol. The number of aryl methyl sites for hydroxylation is 1. The average Bonchev–Trinajstić information content (AvgIpc) is 2.15. The lowest BCUT2D eigenvalue weighted by atomic mass is 9.93. The molecule has 1 atom stereocenters. The zero-order chi connectivity index (χ0) is 11.6. The molecule has 0 aliphatic heterocycles. The van der Waals surface area contributed by atoms with Crippen molar-refractivity contribution in [2.45, 2.75) is 19.0 Å². The predicted molar refractivity (Wildman–Crippen MR) is 48.7 cm³/mol. The van der Waals surface area contributed by atoms with Gasteiger partial charge in [0.05, 0.1) is 0 Å². The summed E-state index contributed by atoms with van der Waals surface area (Å²) >= 11 is 0. The fraction of sp³-hybridized carbons (Fsp3) is 0.300.